The molecule has 0 fully saturated rings. The van der Waals surface area contributed by atoms with Gasteiger partial charge in [-0.3, -0.25) is 9.59 Å². The fourth-order valence-corrected chi connectivity index (χ4v) is 1.61. The maximum atomic E-state index is 11.5. The average Bonchev–Trinajstić information content (AvgIpc) is 2.76. The van der Waals surface area contributed by atoms with Crippen LogP contribution in [0.25, 0.3) is 0 Å². The lowest BCUT2D eigenvalue weighted by molar-refractivity contribution is -0.140. The van der Waals surface area contributed by atoms with Crippen molar-refractivity contribution in [1.29, 1.82) is 0 Å². The van der Waals surface area contributed by atoms with Crippen molar-refractivity contribution in [3.63, 3.8) is 0 Å². The molecule has 1 aromatic rings. The highest BCUT2D eigenvalue weighted by molar-refractivity contribution is 6.28. The van der Waals surface area contributed by atoms with Crippen LogP contribution >= 0.6 is 0 Å². The molecule has 1 aromatic carbocycles. The van der Waals surface area contributed by atoms with E-state index < -0.39 is 30.4 Å². The number of aliphatic carboxylic acids is 1. The second-order valence-corrected chi connectivity index (χ2v) is 3.86. The molecule has 0 radical (unpaired) electrons. The lowest BCUT2D eigenvalue weighted by atomic mass is 10.2. The zero-order valence-corrected chi connectivity index (χ0v) is 10.1. The molecule has 20 heavy (non-hydrogen) atoms. The van der Waals surface area contributed by atoms with Gasteiger partial charge in [0.05, 0.1) is 11.3 Å². The number of benzene rings is 1. The first-order valence-electron chi connectivity index (χ1n) is 5.54. The van der Waals surface area contributed by atoms with Crippen LogP contribution in [0.3, 0.4) is 0 Å². The molecule has 0 bridgehead atoms. The first-order valence-corrected chi connectivity index (χ1v) is 5.54. The van der Waals surface area contributed by atoms with Crippen LogP contribution < -0.4 is 4.90 Å². The topological polar surface area (TPSA) is 101 Å². The first-order chi connectivity index (χ1) is 9.49. The summed E-state index contributed by atoms with van der Waals surface area (Å²) in [6, 6.07) is 5.50. The summed E-state index contributed by atoms with van der Waals surface area (Å²) in [5.41, 5.74) is 0.446. The minimum atomic E-state index is -1.26. The van der Waals surface area contributed by atoms with Crippen LogP contribution in [-0.2, 0) is 19.1 Å². The van der Waals surface area contributed by atoms with Gasteiger partial charge in [0.25, 0.3) is 11.8 Å². The van der Waals surface area contributed by atoms with Crippen LogP contribution in [0.4, 0.5) is 5.69 Å². The van der Waals surface area contributed by atoms with Gasteiger partial charge in [0, 0.05) is 12.2 Å². The maximum absolute atomic E-state index is 11.5. The van der Waals surface area contributed by atoms with E-state index in [0.717, 1.165) is 17.1 Å². The lowest BCUT2D eigenvalue weighted by Gasteiger charge is -2.13. The summed E-state index contributed by atoms with van der Waals surface area (Å²) in [4.78, 5) is 45.6. The standard InChI is InChI=1S/C13H9NO6/c15-10-5-6-11(16)14(10)9-3-1-8(2-4-9)13(19)20-7-12(17)18/h1-6H,7H2,(H,17,18). The van der Waals surface area contributed by atoms with Crippen molar-refractivity contribution in [2.45, 2.75) is 0 Å². The summed E-state index contributed by atoms with van der Waals surface area (Å²) >= 11 is 0. The van der Waals surface area contributed by atoms with Gasteiger partial charge in [-0.1, -0.05) is 0 Å². The van der Waals surface area contributed by atoms with E-state index in [1.54, 1.807) is 0 Å². The summed E-state index contributed by atoms with van der Waals surface area (Å²) in [7, 11) is 0. The van der Waals surface area contributed by atoms with E-state index in [-0.39, 0.29) is 5.56 Å². The van der Waals surface area contributed by atoms with E-state index in [1.165, 1.54) is 24.3 Å². The van der Waals surface area contributed by atoms with Crippen LogP contribution in [0.1, 0.15) is 10.4 Å². The van der Waals surface area contributed by atoms with Gasteiger partial charge in [0.15, 0.2) is 6.61 Å². The van der Waals surface area contributed by atoms with Gasteiger partial charge >= 0.3 is 11.9 Å². The Morgan fingerprint density at radius 3 is 2.10 bits per heavy atom. The van der Waals surface area contributed by atoms with Gasteiger partial charge in [0.1, 0.15) is 0 Å². The number of rotatable bonds is 4. The molecule has 1 heterocycles. The molecule has 0 atom stereocenters. The van der Waals surface area contributed by atoms with Crippen molar-refractivity contribution in [1.82, 2.24) is 0 Å². The minimum absolute atomic E-state index is 0.127. The number of ether oxygens (including phenoxy) is 1. The number of anilines is 1. The number of hydrogen-bond acceptors (Lipinski definition) is 5. The van der Waals surface area contributed by atoms with Crippen molar-refractivity contribution < 1.29 is 29.0 Å². The van der Waals surface area contributed by atoms with E-state index in [0.29, 0.717) is 5.69 Å². The predicted octanol–water partition coefficient (Wildman–Crippen LogP) is 0.357. The Labute approximate surface area is 113 Å². The number of nitrogens with zero attached hydrogens (tertiary/aromatic N) is 1. The average molecular weight is 275 g/mol. The highest BCUT2D eigenvalue weighted by Gasteiger charge is 2.25. The predicted molar refractivity (Wildman–Crippen MR) is 66.0 cm³/mol. The molecule has 0 unspecified atom stereocenters. The molecule has 1 aliphatic rings. The van der Waals surface area contributed by atoms with Gasteiger partial charge < -0.3 is 9.84 Å². The number of imide groups is 1. The molecule has 0 saturated heterocycles. The number of esters is 1. The highest BCUT2D eigenvalue weighted by atomic mass is 16.5. The number of carbonyl (C=O) groups excluding carboxylic acids is 3. The Bertz CT molecular complexity index is 598. The molecule has 0 aliphatic carbocycles. The summed E-state index contributed by atoms with van der Waals surface area (Å²) < 4.78 is 4.50. The molecule has 0 aromatic heterocycles. The van der Waals surface area contributed by atoms with E-state index in [2.05, 4.69) is 4.74 Å². The third-order valence-corrected chi connectivity index (χ3v) is 2.50. The van der Waals surface area contributed by atoms with Crippen molar-refractivity contribution in [2.75, 3.05) is 11.5 Å². The smallest absolute Gasteiger partial charge is 0.341 e. The van der Waals surface area contributed by atoms with E-state index >= 15 is 0 Å². The van der Waals surface area contributed by atoms with Crippen molar-refractivity contribution >= 4 is 29.4 Å². The molecule has 2 amide bonds. The summed E-state index contributed by atoms with van der Waals surface area (Å²) in [6.45, 7) is -0.729. The molecule has 1 aliphatic heterocycles. The molecule has 0 spiro atoms. The second kappa shape index (κ2) is 5.35. The molecular formula is C13H9NO6. The largest absolute Gasteiger partial charge is 0.479 e. The zero-order chi connectivity index (χ0) is 14.7. The molecule has 7 heteroatoms. The fraction of sp³-hybridized carbons (Fsp3) is 0.0769. The number of amides is 2. The van der Waals surface area contributed by atoms with Crippen LogP contribution in [0.5, 0.6) is 0 Å². The van der Waals surface area contributed by atoms with Gasteiger partial charge in [-0.15, -0.1) is 0 Å². The lowest BCUT2D eigenvalue weighted by Crippen LogP contribution is -2.29. The van der Waals surface area contributed by atoms with Gasteiger partial charge in [-0.2, -0.15) is 0 Å². The van der Waals surface area contributed by atoms with Crippen LogP contribution in [0, 0.1) is 0 Å². The van der Waals surface area contributed by atoms with E-state index in [4.69, 9.17) is 5.11 Å². The SMILES string of the molecule is O=C(O)COC(=O)c1ccc(N2C(=O)C=CC2=O)cc1. The summed E-state index contributed by atoms with van der Waals surface area (Å²) in [5, 5.41) is 8.39. The normalized spacial score (nSPS) is 13.7. The second-order valence-electron chi connectivity index (χ2n) is 3.86. The Morgan fingerprint density at radius 1 is 1.05 bits per heavy atom. The number of carboxylic acid groups (broad SMARTS) is 1. The maximum Gasteiger partial charge on any atom is 0.341 e. The Balaban J connectivity index is 2.10. The Morgan fingerprint density at radius 2 is 1.60 bits per heavy atom. The van der Waals surface area contributed by atoms with E-state index in [9.17, 15) is 19.2 Å². The van der Waals surface area contributed by atoms with Gasteiger partial charge in [-0.25, -0.2) is 14.5 Å². The molecule has 1 N–H and O–H groups in total. The third kappa shape index (κ3) is 2.72. The Hall–Kier alpha value is -2.96. The molecular weight excluding hydrogens is 266 g/mol. The van der Waals surface area contributed by atoms with Gasteiger partial charge in [0.2, 0.25) is 0 Å². The quantitative estimate of drug-likeness (QED) is 0.628. The van der Waals surface area contributed by atoms with Crippen molar-refractivity contribution in [2.24, 2.45) is 0 Å². The monoisotopic (exact) mass is 275 g/mol. The first kappa shape index (κ1) is 13.5. The van der Waals surface area contributed by atoms with Crippen LogP contribution in [0.2, 0.25) is 0 Å². The molecule has 7 nitrogen and oxygen atoms in total. The molecule has 2 rings (SSSR count). The number of carboxylic acids is 1. The zero-order valence-electron chi connectivity index (χ0n) is 10.1. The Kier molecular flexibility index (Phi) is 3.60. The number of hydrogen-bond donors (Lipinski definition) is 1. The van der Waals surface area contributed by atoms with E-state index in [1.807, 2.05) is 0 Å². The van der Waals surface area contributed by atoms with Crippen LogP contribution in [0.15, 0.2) is 36.4 Å². The van der Waals surface area contributed by atoms with Crippen LogP contribution in [-0.4, -0.2) is 35.5 Å². The minimum Gasteiger partial charge on any atom is -0.479 e. The third-order valence-electron chi connectivity index (χ3n) is 2.50. The van der Waals surface area contributed by atoms with Crippen molar-refractivity contribution in [3.8, 4) is 0 Å². The number of carbonyl (C=O) groups is 4. The highest BCUT2D eigenvalue weighted by Crippen LogP contribution is 2.19. The summed E-state index contributed by atoms with van der Waals surface area (Å²) in [5.74, 6) is -2.97. The fourth-order valence-electron chi connectivity index (χ4n) is 1.61. The van der Waals surface area contributed by atoms with Crippen molar-refractivity contribution in [3.05, 3.63) is 42.0 Å². The summed E-state index contributed by atoms with van der Waals surface area (Å²) in [6.07, 6.45) is 2.30. The molecule has 0 saturated carbocycles. The van der Waals surface area contributed by atoms with Gasteiger partial charge in [-0.05, 0) is 24.3 Å². The molecule has 102 valence electrons.